The van der Waals surface area contributed by atoms with Gasteiger partial charge >= 0.3 is 17.9 Å². The van der Waals surface area contributed by atoms with Crippen molar-refractivity contribution >= 4 is 17.9 Å². The SMILES string of the molecule is C=CC(=O)OCC(O)COc1ccc(C(C)(C)c2ccc(OCC(O)COC(=O)C=C)cc2)cc1.C=CC(=O)OCC(O)COc1ccc(C(C)(C)c2ccc(OCC3CO3)cc2)cc1.CC(C)(c1ccc(OCC2CO2)cc1)c1ccc(OCC2CO2)cc1. The zero-order valence-electron chi connectivity index (χ0n) is 52.1. The van der Waals surface area contributed by atoms with Crippen molar-refractivity contribution in [2.45, 2.75) is 94.4 Å². The molecule has 3 aliphatic rings. The van der Waals surface area contributed by atoms with Gasteiger partial charge in [-0.1, -0.05) is 134 Å². The molecule has 18 heteroatoms. The molecule has 90 heavy (non-hydrogen) atoms. The summed E-state index contributed by atoms with van der Waals surface area (Å²) in [7, 11) is 0. The van der Waals surface area contributed by atoms with Gasteiger partial charge in [-0.05, 0) is 106 Å². The Kier molecular flexibility index (Phi) is 25.6. The van der Waals surface area contributed by atoms with Gasteiger partial charge in [0.2, 0.25) is 0 Å². The summed E-state index contributed by atoms with van der Waals surface area (Å²) in [5.74, 6) is 2.65. The Labute approximate surface area is 527 Å². The lowest BCUT2D eigenvalue weighted by Crippen LogP contribution is -2.25. The van der Waals surface area contributed by atoms with Crippen molar-refractivity contribution in [1.82, 2.24) is 0 Å². The Balaban J connectivity index is 0.000000194. The first kappa shape index (κ1) is 69.0. The van der Waals surface area contributed by atoms with Crippen LogP contribution >= 0.6 is 0 Å². The quantitative estimate of drug-likeness (QED) is 0.0151. The van der Waals surface area contributed by atoms with Crippen molar-refractivity contribution in [3.05, 3.63) is 217 Å². The minimum atomic E-state index is -0.945. The fourth-order valence-corrected chi connectivity index (χ4v) is 8.80. The number of aliphatic hydroxyl groups excluding tert-OH is 3. The van der Waals surface area contributed by atoms with E-state index in [0.717, 1.165) is 72.0 Å². The molecular formula is C72H84O18. The molecule has 6 aromatic rings. The average Bonchev–Trinajstić information content (AvgIpc) is 2.07. The van der Waals surface area contributed by atoms with E-state index in [2.05, 4.69) is 97.7 Å². The van der Waals surface area contributed by atoms with Crippen molar-refractivity contribution in [2.75, 3.05) is 79.3 Å². The highest BCUT2D eigenvalue weighted by Gasteiger charge is 2.29. The highest BCUT2D eigenvalue weighted by atomic mass is 16.6. The van der Waals surface area contributed by atoms with Gasteiger partial charge in [0.25, 0.3) is 0 Å². The monoisotopic (exact) mass is 1240 g/mol. The van der Waals surface area contributed by atoms with Crippen LogP contribution < -0.4 is 28.4 Å². The Hall–Kier alpha value is -8.49. The Morgan fingerprint density at radius 3 is 0.711 bits per heavy atom. The first-order chi connectivity index (χ1) is 43.1. The van der Waals surface area contributed by atoms with Crippen LogP contribution in [-0.4, -0.2) is 149 Å². The third kappa shape index (κ3) is 22.5. The van der Waals surface area contributed by atoms with E-state index in [1.165, 1.54) is 16.7 Å². The maximum Gasteiger partial charge on any atom is 0.330 e. The molecule has 0 bridgehead atoms. The molecule has 3 heterocycles. The smallest absolute Gasteiger partial charge is 0.330 e. The summed E-state index contributed by atoms with van der Waals surface area (Å²) < 4.78 is 63.7. The highest BCUT2D eigenvalue weighted by molar-refractivity contribution is 5.81. The Morgan fingerprint density at radius 1 is 0.367 bits per heavy atom. The molecule has 0 amide bonds. The van der Waals surface area contributed by atoms with E-state index in [1.807, 2.05) is 109 Å². The van der Waals surface area contributed by atoms with Gasteiger partial charge in [-0.25, -0.2) is 14.4 Å². The molecule has 3 saturated heterocycles. The summed E-state index contributed by atoms with van der Waals surface area (Å²) in [6.45, 7) is 26.7. The molecule has 3 fully saturated rings. The second-order valence-electron chi connectivity index (χ2n) is 23.2. The topological polar surface area (TPSA) is 233 Å². The Morgan fingerprint density at radius 2 is 0.544 bits per heavy atom. The van der Waals surface area contributed by atoms with Gasteiger partial charge in [0.15, 0.2) is 0 Å². The van der Waals surface area contributed by atoms with Gasteiger partial charge in [-0.2, -0.15) is 0 Å². The van der Waals surface area contributed by atoms with Crippen LogP contribution in [0.25, 0.3) is 0 Å². The lowest BCUT2D eigenvalue weighted by Gasteiger charge is -2.26. The average molecular weight is 1240 g/mol. The number of esters is 3. The number of hydrogen-bond acceptors (Lipinski definition) is 18. The largest absolute Gasteiger partial charge is 0.491 e. The summed E-state index contributed by atoms with van der Waals surface area (Å²) in [5.41, 5.74) is 6.32. The van der Waals surface area contributed by atoms with Crippen molar-refractivity contribution in [3.8, 4) is 34.5 Å². The third-order valence-electron chi connectivity index (χ3n) is 15.1. The lowest BCUT2D eigenvalue weighted by molar-refractivity contribution is -0.142. The number of carbonyl (C=O) groups is 3. The van der Waals surface area contributed by atoms with Crippen LogP contribution in [0.5, 0.6) is 34.5 Å². The van der Waals surface area contributed by atoms with Crippen LogP contribution in [0.3, 0.4) is 0 Å². The molecule has 18 nitrogen and oxygen atoms in total. The highest BCUT2D eigenvalue weighted by Crippen LogP contribution is 2.37. The summed E-state index contributed by atoms with van der Waals surface area (Å²) in [6, 6.07) is 47.6. The number of ether oxygens (including phenoxy) is 12. The van der Waals surface area contributed by atoms with Crippen LogP contribution in [0.15, 0.2) is 184 Å². The minimum Gasteiger partial charge on any atom is -0.491 e. The predicted octanol–water partition coefficient (Wildman–Crippen LogP) is 9.78. The minimum absolute atomic E-state index is 0.0139. The normalized spacial score (nSPS) is 16.4. The molecule has 6 atom stereocenters. The first-order valence-electron chi connectivity index (χ1n) is 29.8. The first-order valence-corrected chi connectivity index (χ1v) is 29.8. The molecule has 6 aromatic carbocycles. The molecule has 0 aromatic heterocycles. The lowest BCUT2D eigenvalue weighted by atomic mass is 9.78. The summed E-state index contributed by atoms with van der Waals surface area (Å²) >= 11 is 0. The van der Waals surface area contributed by atoms with Crippen molar-refractivity contribution in [3.63, 3.8) is 0 Å². The van der Waals surface area contributed by atoms with E-state index in [9.17, 15) is 29.7 Å². The van der Waals surface area contributed by atoms with Crippen LogP contribution in [0.1, 0.15) is 74.9 Å². The molecule has 480 valence electrons. The van der Waals surface area contributed by atoms with Crippen LogP contribution in [0, 0.1) is 0 Å². The van der Waals surface area contributed by atoms with E-state index in [-0.39, 0.29) is 74.2 Å². The number of aliphatic hydroxyl groups is 3. The second kappa shape index (κ2) is 33.4. The van der Waals surface area contributed by atoms with Gasteiger partial charge < -0.3 is 72.2 Å². The van der Waals surface area contributed by atoms with Crippen molar-refractivity contribution in [2.24, 2.45) is 0 Å². The second-order valence-corrected chi connectivity index (χ2v) is 23.2. The van der Waals surface area contributed by atoms with Crippen molar-refractivity contribution < 1.29 is 86.5 Å². The van der Waals surface area contributed by atoms with E-state index in [1.54, 1.807) is 0 Å². The number of hydrogen-bond donors (Lipinski definition) is 3. The molecule has 0 aliphatic carbocycles. The summed E-state index contributed by atoms with van der Waals surface area (Å²) in [4.78, 5) is 33.1. The maximum atomic E-state index is 11.0. The Bertz CT molecular complexity index is 3060. The number of benzene rings is 6. The van der Waals surface area contributed by atoms with E-state index in [0.29, 0.717) is 37.1 Å². The van der Waals surface area contributed by atoms with Gasteiger partial charge in [-0.3, -0.25) is 0 Å². The fourth-order valence-electron chi connectivity index (χ4n) is 8.80. The van der Waals surface area contributed by atoms with E-state index >= 15 is 0 Å². The van der Waals surface area contributed by atoms with Crippen LogP contribution in [0.2, 0.25) is 0 Å². The van der Waals surface area contributed by atoms with Crippen LogP contribution in [0.4, 0.5) is 0 Å². The maximum absolute atomic E-state index is 11.0. The summed E-state index contributed by atoms with van der Waals surface area (Å²) in [5, 5.41) is 29.5. The van der Waals surface area contributed by atoms with Gasteiger partial charge in [0.05, 0.1) is 19.8 Å². The fraction of sp³-hybridized carbons (Fsp3) is 0.375. The molecule has 9 rings (SSSR count). The summed E-state index contributed by atoms with van der Waals surface area (Å²) in [6.07, 6.45) is 1.13. The number of epoxide rings is 3. The van der Waals surface area contributed by atoms with Gasteiger partial charge in [0.1, 0.15) is 131 Å². The number of rotatable bonds is 33. The zero-order chi connectivity index (χ0) is 64.7. The van der Waals surface area contributed by atoms with Gasteiger partial charge in [0, 0.05) is 34.5 Å². The number of carbonyl (C=O) groups excluding carboxylic acids is 3. The van der Waals surface area contributed by atoms with Crippen LogP contribution in [-0.2, 0) is 59.0 Å². The van der Waals surface area contributed by atoms with Crippen molar-refractivity contribution in [1.29, 1.82) is 0 Å². The molecule has 6 unspecified atom stereocenters. The van der Waals surface area contributed by atoms with E-state index in [4.69, 9.17) is 56.8 Å². The molecule has 3 N–H and O–H groups in total. The zero-order valence-corrected chi connectivity index (χ0v) is 52.1. The third-order valence-corrected chi connectivity index (χ3v) is 15.1. The molecule has 0 spiro atoms. The van der Waals surface area contributed by atoms with E-state index < -0.39 is 36.2 Å². The standard InChI is InChI=1S/C27H32O8.C24H28O6.C21H24O4/c1-5-25(30)34-17-21(28)15-32-23-11-7-19(8-12-23)27(3,4)20-9-13-24(14-10-20)33-16-22(29)18-35-26(31)6-2;1-4-23(26)30-14-19(25)13-27-20-9-5-17(6-10-20)24(2,3)18-7-11-21(12-8-18)28-15-22-16-29-22;1-21(2,15-3-7-17(8-4-15)22-11-19-13-24-19)16-5-9-18(10-6-16)23-12-20-14-25-20/h5-14,21-22,28-29H,1-2,15-18H2,3-4H3;4-12,19,22,25H,1,13-16H2,2-3H3;3-10,19-20H,11-14H2,1-2H3. The molecule has 0 saturated carbocycles. The predicted molar refractivity (Wildman–Crippen MR) is 339 cm³/mol. The molecular weight excluding hydrogens is 1150 g/mol. The van der Waals surface area contributed by atoms with Gasteiger partial charge in [-0.15, -0.1) is 0 Å². The molecule has 0 radical (unpaired) electrons. The molecule has 3 aliphatic heterocycles.